The Kier molecular flexibility index (Phi) is 4.48. The molecule has 1 aromatic heterocycles. The molecule has 5 heteroatoms. The maximum absolute atomic E-state index is 12.1. The van der Waals surface area contributed by atoms with Crippen LogP contribution in [-0.2, 0) is 4.79 Å². The van der Waals surface area contributed by atoms with Crippen LogP contribution in [0.2, 0.25) is 0 Å². The Bertz CT molecular complexity index is 367. The molecule has 2 heterocycles. The average molecular weight is 270 g/mol. The van der Waals surface area contributed by atoms with Gasteiger partial charge in [-0.1, -0.05) is 13.0 Å². The highest BCUT2D eigenvalue weighted by atomic mass is 32.2. The molecule has 1 saturated heterocycles. The first-order valence-corrected chi connectivity index (χ1v) is 7.76. The molecule has 0 unspecified atom stereocenters. The molecular weight excluding hydrogens is 252 g/mol. The van der Waals surface area contributed by atoms with E-state index in [9.17, 15) is 4.79 Å². The summed E-state index contributed by atoms with van der Waals surface area (Å²) in [5, 5.41) is 5.66. The summed E-state index contributed by atoms with van der Waals surface area (Å²) in [6, 6.07) is 4.17. The van der Waals surface area contributed by atoms with Crippen LogP contribution in [0.5, 0.6) is 0 Å². The van der Waals surface area contributed by atoms with Crippen molar-refractivity contribution in [2.45, 2.75) is 24.5 Å². The highest BCUT2D eigenvalue weighted by Crippen LogP contribution is 2.43. The standard InChI is InChI=1S/C12H18N2OS2/c1-3-13-6-7-14-11(15)9(2)17-12(14)10-5-4-8-16-10/h4-5,8-9,12-13H,3,6-7H2,1-2H3/t9-,12-/m0/s1. The molecule has 2 rings (SSSR count). The average Bonchev–Trinajstić information content (AvgIpc) is 2.92. The topological polar surface area (TPSA) is 32.3 Å². The van der Waals surface area contributed by atoms with E-state index in [4.69, 9.17) is 0 Å². The fraction of sp³-hybridized carbons (Fsp3) is 0.583. The lowest BCUT2D eigenvalue weighted by molar-refractivity contribution is -0.129. The number of thiophene rings is 1. The first kappa shape index (κ1) is 12.9. The maximum Gasteiger partial charge on any atom is 0.236 e. The van der Waals surface area contributed by atoms with E-state index in [1.165, 1.54) is 4.88 Å². The van der Waals surface area contributed by atoms with Crippen molar-refractivity contribution in [3.8, 4) is 0 Å². The summed E-state index contributed by atoms with van der Waals surface area (Å²) in [7, 11) is 0. The van der Waals surface area contributed by atoms with Crippen molar-refractivity contribution in [1.29, 1.82) is 0 Å². The highest BCUT2D eigenvalue weighted by Gasteiger charge is 2.38. The van der Waals surface area contributed by atoms with Crippen LogP contribution < -0.4 is 5.32 Å². The Hall–Kier alpha value is -0.520. The quantitative estimate of drug-likeness (QED) is 0.833. The van der Waals surface area contributed by atoms with Gasteiger partial charge in [-0.25, -0.2) is 0 Å². The van der Waals surface area contributed by atoms with Crippen molar-refractivity contribution in [3.63, 3.8) is 0 Å². The maximum atomic E-state index is 12.1. The molecule has 0 spiro atoms. The third-order valence-corrected chi connectivity index (χ3v) is 5.26. The number of carbonyl (C=O) groups excluding carboxylic acids is 1. The number of hydrogen-bond acceptors (Lipinski definition) is 4. The van der Waals surface area contributed by atoms with Crippen LogP contribution in [0.1, 0.15) is 24.1 Å². The van der Waals surface area contributed by atoms with Gasteiger partial charge in [0.2, 0.25) is 5.91 Å². The normalized spacial score (nSPS) is 24.6. The van der Waals surface area contributed by atoms with Crippen LogP contribution in [0, 0.1) is 0 Å². The van der Waals surface area contributed by atoms with Crippen LogP contribution >= 0.6 is 23.1 Å². The molecule has 1 fully saturated rings. The second kappa shape index (κ2) is 5.89. The lowest BCUT2D eigenvalue weighted by atomic mass is 10.3. The molecule has 1 aromatic rings. The smallest absolute Gasteiger partial charge is 0.236 e. The monoisotopic (exact) mass is 270 g/mol. The SMILES string of the molecule is CCNCCN1C(=O)[C@H](C)S[C@H]1c1cccs1. The second-order valence-corrected chi connectivity index (χ2v) is 6.44. The van der Waals surface area contributed by atoms with E-state index in [-0.39, 0.29) is 16.5 Å². The van der Waals surface area contributed by atoms with Crippen LogP contribution in [0.3, 0.4) is 0 Å². The zero-order chi connectivity index (χ0) is 12.3. The molecule has 0 saturated carbocycles. The van der Waals surface area contributed by atoms with Gasteiger partial charge in [0.05, 0.1) is 5.25 Å². The van der Waals surface area contributed by atoms with Gasteiger partial charge < -0.3 is 10.2 Å². The molecule has 1 amide bonds. The number of hydrogen-bond donors (Lipinski definition) is 1. The van der Waals surface area contributed by atoms with Crippen molar-refractivity contribution in [2.24, 2.45) is 0 Å². The predicted octanol–water partition coefficient (Wildman–Crippen LogP) is 2.32. The molecule has 0 aromatic carbocycles. The number of likely N-dealkylation sites (N-methyl/N-ethyl adjacent to an activating group) is 1. The largest absolute Gasteiger partial charge is 0.323 e. The van der Waals surface area contributed by atoms with Gasteiger partial charge in [0.1, 0.15) is 5.37 Å². The number of thioether (sulfide) groups is 1. The molecule has 1 aliphatic heterocycles. The highest BCUT2D eigenvalue weighted by molar-refractivity contribution is 8.01. The lowest BCUT2D eigenvalue weighted by Gasteiger charge is -2.23. The van der Waals surface area contributed by atoms with Gasteiger partial charge in [0.25, 0.3) is 0 Å². The molecule has 17 heavy (non-hydrogen) atoms. The van der Waals surface area contributed by atoms with E-state index in [1.807, 2.05) is 11.8 Å². The van der Waals surface area contributed by atoms with E-state index in [1.54, 1.807) is 23.1 Å². The first-order chi connectivity index (χ1) is 8.24. The molecule has 0 aliphatic carbocycles. The molecule has 94 valence electrons. The Labute approximate surface area is 111 Å². The van der Waals surface area contributed by atoms with Gasteiger partial charge in [-0.3, -0.25) is 4.79 Å². The van der Waals surface area contributed by atoms with E-state index < -0.39 is 0 Å². The van der Waals surface area contributed by atoms with Gasteiger partial charge in [-0.05, 0) is 24.9 Å². The van der Waals surface area contributed by atoms with Gasteiger partial charge >= 0.3 is 0 Å². The lowest BCUT2D eigenvalue weighted by Crippen LogP contribution is -2.36. The minimum Gasteiger partial charge on any atom is -0.323 e. The van der Waals surface area contributed by atoms with Gasteiger partial charge in [0.15, 0.2) is 0 Å². The Morgan fingerprint density at radius 2 is 2.35 bits per heavy atom. The second-order valence-electron chi connectivity index (χ2n) is 4.03. The van der Waals surface area contributed by atoms with E-state index in [2.05, 4.69) is 29.8 Å². The third kappa shape index (κ3) is 2.84. The zero-order valence-electron chi connectivity index (χ0n) is 10.2. The van der Waals surface area contributed by atoms with Crippen LogP contribution in [0.25, 0.3) is 0 Å². The Morgan fingerprint density at radius 1 is 1.53 bits per heavy atom. The predicted molar refractivity (Wildman–Crippen MR) is 74.4 cm³/mol. The first-order valence-electron chi connectivity index (χ1n) is 5.94. The summed E-state index contributed by atoms with van der Waals surface area (Å²) in [6.07, 6.45) is 0. The summed E-state index contributed by atoms with van der Waals surface area (Å²) in [5.74, 6) is 0.270. The number of carbonyl (C=O) groups is 1. The summed E-state index contributed by atoms with van der Waals surface area (Å²) in [6.45, 7) is 6.71. The van der Waals surface area contributed by atoms with Crippen LogP contribution in [0.4, 0.5) is 0 Å². The summed E-state index contributed by atoms with van der Waals surface area (Å²) in [5.41, 5.74) is 0. The zero-order valence-corrected chi connectivity index (χ0v) is 11.8. The van der Waals surface area contributed by atoms with Gasteiger partial charge in [-0.2, -0.15) is 0 Å². The van der Waals surface area contributed by atoms with Gasteiger partial charge in [-0.15, -0.1) is 23.1 Å². The van der Waals surface area contributed by atoms with E-state index in [0.29, 0.717) is 0 Å². The minimum atomic E-state index is 0.0868. The van der Waals surface area contributed by atoms with Crippen molar-refractivity contribution in [2.75, 3.05) is 19.6 Å². The van der Waals surface area contributed by atoms with Crippen molar-refractivity contribution in [3.05, 3.63) is 22.4 Å². The third-order valence-electron chi connectivity index (χ3n) is 2.81. The fourth-order valence-corrected chi connectivity index (χ4v) is 4.19. The molecule has 2 atom stereocenters. The Balaban J connectivity index is 2.05. The molecular formula is C12H18N2OS2. The van der Waals surface area contributed by atoms with Crippen molar-refractivity contribution < 1.29 is 4.79 Å². The summed E-state index contributed by atoms with van der Waals surface area (Å²) in [4.78, 5) is 15.4. The molecule has 3 nitrogen and oxygen atoms in total. The number of amides is 1. The molecule has 0 radical (unpaired) electrons. The number of rotatable bonds is 5. The van der Waals surface area contributed by atoms with E-state index in [0.717, 1.165) is 19.6 Å². The number of nitrogens with zero attached hydrogens (tertiary/aromatic N) is 1. The van der Waals surface area contributed by atoms with Crippen LogP contribution in [-0.4, -0.2) is 35.7 Å². The van der Waals surface area contributed by atoms with Crippen molar-refractivity contribution in [1.82, 2.24) is 10.2 Å². The van der Waals surface area contributed by atoms with Crippen LogP contribution in [0.15, 0.2) is 17.5 Å². The summed E-state index contributed by atoms with van der Waals surface area (Å²) >= 11 is 3.49. The van der Waals surface area contributed by atoms with E-state index >= 15 is 0 Å². The fourth-order valence-electron chi connectivity index (χ4n) is 1.93. The summed E-state index contributed by atoms with van der Waals surface area (Å²) < 4.78 is 0. The molecule has 1 N–H and O–H groups in total. The minimum absolute atomic E-state index is 0.0868. The molecule has 0 bridgehead atoms. The van der Waals surface area contributed by atoms with Crippen molar-refractivity contribution >= 4 is 29.0 Å². The van der Waals surface area contributed by atoms with Gasteiger partial charge in [0, 0.05) is 18.0 Å². The Morgan fingerprint density at radius 3 is 3.00 bits per heavy atom. The molecule has 1 aliphatic rings. The number of nitrogens with one attached hydrogen (secondary N) is 1.